The Morgan fingerprint density at radius 1 is 1.33 bits per heavy atom. The molecule has 0 bridgehead atoms. The lowest BCUT2D eigenvalue weighted by molar-refractivity contribution is 1.11. The number of hydrogen-bond donors (Lipinski definition) is 0. The summed E-state index contributed by atoms with van der Waals surface area (Å²) in [6.07, 6.45) is 0. The van der Waals surface area contributed by atoms with Crippen LogP contribution in [-0.2, 0) is 0 Å². The fraction of sp³-hybridized carbons (Fsp3) is 0.500. The molecule has 0 N–H and O–H groups in total. The lowest BCUT2D eigenvalue weighted by Crippen LogP contribution is -1.10. The first kappa shape index (κ1) is 43.6. The minimum absolute atomic E-state index is 0. The topological polar surface area (TPSA) is 23.8 Å². The van der Waals surface area contributed by atoms with Crippen molar-refractivity contribution in [2.45, 2.75) is 6.92 Å². The maximum atomic E-state index is 7.32. The van der Waals surface area contributed by atoms with Gasteiger partial charge in [0.05, 0.1) is 6.07 Å². The Labute approximate surface area is 42.1 Å². The summed E-state index contributed by atoms with van der Waals surface area (Å²) in [7, 11) is 0. The molecule has 40 valence electrons. The molecule has 0 fully saturated rings. The molecule has 0 atom stereocenters. The van der Waals surface area contributed by atoms with Crippen molar-refractivity contribution in [2.24, 2.45) is 0 Å². The van der Waals surface area contributed by atoms with E-state index in [0.717, 1.165) is 0 Å². The maximum Gasteiger partial charge on any atom is 0.0587 e. The minimum atomic E-state index is 0. The fourth-order valence-corrected chi connectivity index (χ4v) is 0. The molecule has 0 aliphatic rings. The second-order valence-electron chi connectivity index (χ2n) is 0.224. The quantitative estimate of drug-likeness (QED) is 0.461. The minimum Gasteiger partial charge on any atom is -0.269 e. The van der Waals surface area contributed by atoms with E-state index in [1.165, 1.54) is 6.92 Å². The van der Waals surface area contributed by atoms with Crippen LogP contribution in [0.2, 0.25) is 0 Å². The van der Waals surface area contributed by atoms with Crippen LogP contribution in [0, 0.1) is 11.3 Å². The Bertz CT molecular complexity index is 33.0. The number of nitriles is 1. The van der Waals surface area contributed by atoms with E-state index in [0.29, 0.717) is 0 Å². The number of hydrogen-bond acceptors (Lipinski definition) is 1. The lowest BCUT2D eigenvalue weighted by atomic mass is 11.0. The molecule has 0 aromatic rings. The van der Waals surface area contributed by atoms with Gasteiger partial charge in [0, 0.05) is 6.92 Å². The molecule has 4 heteroatoms. The molecule has 0 aromatic heterocycles. The Morgan fingerprint density at radius 3 is 1.33 bits per heavy atom. The van der Waals surface area contributed by atoms with Crippen molar-refractivity contribution in [2.75, 3.05) is 0 Å². The molecule has 0 radical (unpaired) electrons. The standard InChI is InChI=1S/C2H3N.2FH.H2S/c1-2-3;;;/h1H3;2*1H;1H2. The summed E-state index contributed by atoms with van der Waals surface area (Å²) in [5.41, 5.74) is 0. The van der Waals surface area contributed by atoms with Crippen LogP contribution in [0.5, 0.6) is 0 Å². The van der Waals surface area contributed by atoms with Gasteiger partial charge in [-0.3, -0.25) is 9.41 Å². The first-order chi connectivity index (χ1) is 1.41. The molecule has 0 unspecified atom stereocenters. The summed E-state index contributed by atoms with van der Waals surface area (Å²) < 4.78 is 0. The zero-order valence-corrected chi connectivity index (χ0v) is 4.26. The van der Waals surface area contributed by atoms with Crippen LogP contribution in [0.3, 0.4) is 0 Å². The molecule has 0 spiro atoms. The zero-order valence-electron chi connectivity index (χ0n) is 3.26. The zero-order chi connectivity index (χ0) is 2.71. The van der Waals surface area contributed by atoms with Gasteiger partial charge < -0.3 is 0 Å². The SMILES string of the molecule is CC#N.F.F.S. The first-order valence-corrected chi connectivity index (χ1v) is 0.724. The highest BCUT2D eigenvalue weighted by Crippen LogP contribution is 1.21. The van der Waals surface area contributed by atoms with Crippen LogP contribution in [0.1, 0.15) is 6.92 Å². The highest BCUT2D eigenvalue weighted by atomic mass is 32.1. The van der Waals surface area contributed by atoms with Crippen molar-refractivity contribution in [3.63, 3.8) is 0 Å². The molecule has 0 rings (SSSR count). The van der Waals surface area contributed by atoms with Crippen LogP contribution >= 0.6 is 13.5 Å². The van der Waals surface area contributed by atoms with E-state index in [1.54, 1.807) is 6.07 Å². The molecule has 0 saturated heterocycles. The van der Waals surface area contributed by atoms with Crippen LogP contribution in [0.25, 0.3) is 0 Å². The van der Waals surface area contributed by atoms with Gasteiger partial charge in [-0.2, -0.15) is 18.8 Å². The molecule has 0 heterocycles. The van der Waals surface area contributed by atoms with E-state index in [4.69, 9.17) is 5.26 Å². The van der Waals surface area contributed by atoms with E-state index >= 15 is 0 Å². The molecular weight excluding hydrogens is 108 g/mol. The number of rotatable bonds is 0. The maximum absolute atomic E-state index is 7.32. The lowest BCUT2D eigenvalue weighted by Gasteiger charge is -1.15. The van der Waals surface area contributed by atoms with Crippen molar-refractivity contribution >= 4 is 13.5 Å². The van der Waals surface area contributed by atoms with E-state index in [2.05, 4.69) is 0 Å². The van der Waals surface area contributed by atoms with Gasteiger partial charge in [0.2, 0.25) is 0 Å². The molecule has 0 aliphatic heterocycles. The summed E-state index contributed by atoms with van der Waals surface area (Å²) in [6.45, 7) is 1.43. The molecule has 0 saturated carbocycles. The van der Waals surface area contributed by atoms with E-state index in [-0.39, 0.29) is 22.9 Å². The summed E-state index contributed by atoms with van der Waals surface area (Å²) in [5, 5.41) is 7.32. The smallest absolute Gasteiger partial charge is 0.0587 e. The molecule has 6 heavy (non-hydrogen) atoms. The van der Waals surface area contributed by atoms with Gasteiger partial charge in [-0.05, 0) is 0 Å². The second kappa shape index (κ2) is 131. The van der Waals surface area contributed by atoms with Gasteiger partial charge in [0.25, 0.3) is 0 Å². The Hall–Kier alpha value is -0.300. The molecular formula is C2H7F2NS. The highest BCUT2D eigenvalue weighted by molar-refractivity contribution is 7.59. The average Bonchev–Trinajstić information content (AvgIpc) is 0.918. The third kappa shape index (κ3) is 300. The summed E-state index contributed by atoms with van der Waals surface area (Å²) >= 11 is 0. The summed E-state index contributed by atoms with van der Waals surface area (Å²) in [6, 6.07) is 1.75. The highest BCUT2D eigenvalue weighted by Gasteiger charge is 1.17. The monoisotopic (exact) mass is 115 g/mol. The Balaban J connectivity index is -0.00000000667. The largest absolute Gasteiger partial charge is 0.269 e. The number of halogens is 2. The Kier molecular flexibility index (Phi) is 954. The average molecular weight is 115 g/mol. The van der Waals surface area contributed by atoms with Crippen molar-refractivity contribution < 1.29 is 9.41 Å². The van der Waals surface area contributed by atoms with E-state index < -0.39 is 0 Å². The fourth-order valence-electron chi connectivity index (χ4n) is 0. The first-order valence-electron chi connectivity index (χ1n) is 0.724. The third-order valence-corrected chi connectivity index (χ3v) is 0. The predicted molar refractivity (Wildman–Crippen MR) is 26.7 cm³/mol. The number of nitrogens with zero attached hydrogens (tertiary/aromatic N) is 1. The van der Waals surface area contributed by atoms with Crippen LogP contribution in [0.15, 0.2) is 0 Å². The molecule has 1 nitrogen and oxygen atoms in total. The van der Waals surface area contributed by atoms with Crippen molar-refractivity contribution in [1.29, 1.82) is 5.26 Å². The van der Waals surface area contributed by atoms with Gasteiger partial charge >= 0.3 is 0 Å². The second-order valence-corrected chi connectivity index (χ2v) is 0.224. The molecule has 0 aromatic carbocycles. The molecule has 0 amide bonds. The van der Waals surface area contributed by atoms with Gasteiger partial charge in [-0.1, -0.05) is 0 Å². The summed E-state index contributed by atoms with van der Waals surface area (Å²) in [4.78, 5) is 0. The summed E-state index contributed by atoms with van der Waals surface area (Å²) in [5.74, 6) is 0. The normalized spacial score (nSPS) is 1.33. The van der Waals surface area contributed by atoms with E-state index in [1.807, 2.05) is 0 Å². The van der Waals surface area contributed by atoms with Gasteiger partial charge in [0.1, 0.15) is 0 Å². The van der Waals surface area contributed by atoms with Crippen molar-refractivity contribution in [1.82, 2.24) is 0 Å². The van der Waals surface area contributed by atoms with Gasteiger partial charge in [-0.15, -0.1) is 0 Å². The van der Waals surface area contributed by atoms with Crippen LogP contribution in [-0.4, -0.2) is 0 Å². The van der Waals surface area contributed by atoms with Crippen LogP contribution < -0.4 is 0 Å². The van der Waals surface area contributed by atoms with Gasteiger partial charge in [0.15, 0.2) is 0 Å². The molecule has 0 aliphatic carbocycles. The van der Waals surface area contributed by atoms with Gasteiger partial charge in [-0.25, -0.2) is 0 Å². The van der Waals surface area contributed by atoms with Crippen LogP contribution in [0.4, 0.5) is 9.41 Å². The third-order valence-electron chi connectivity index (χ3n) is 0. The predicted octanol–water partition coefficient (Wildman–Crippen LogP) is 0.948. The van der Waals surface area contributed by atoms with Crippen molar-refractivity contribution in [3.8, 4) is 6.07 Å². The van der Waals surface area contributed by atoms with Crippen molar-refractivity contribution in [3.05, 3.63) is 0 Å². The van der Waals surface area contributed by atoms with E-state index in [9.17, 15) is 0 Å². The Morgan fingerprint density at radius 2 is 1.33 bits per heavy atom.